The van der Waals surface area contributed by atoms with Crippen LogP contribution in [0.4, 0.5) is 0 Å². The predicted octanol–water partition coefficient (Wildman–Crippen LogP) is 12.4. The van der Waals surface area contributed by atoms with E-state index < -0.39 is 60.5 Å². The minimum absolute atomic E-state index is 0.0656. The Morgan fingerprint density at radius 3 is 0.857 bits per heavy atom. The van der Waals surface area contributed by atoms with Crippen molar-refractivity contribution in [3.05, 3.63) is 192 Å². The zero-order chi connectivity index (χ0) is 57.8. The Hall–Kier alpha value is -6.52. The number of carbonyl (C=O) groups excluding carboxylic acids is 8. The fraction of sp³-hybridized carbons (Fsp3) is 0.259. The smallest absolute Gasteiger partial charge is 0.341 e. The van der Waals surface area contributed by atoms with Gasteiger partial charge in [0.25, 0.3) is 0 Å². The summed E-state index contributed by atoms with van der Waals surface area (Å²) in [5.74, 6) is -4.61. The zero-order valence-electron chi connectivity index (χ0n) is 42.6. The number of benzene rings is 4. The van der Waals surface area contributed by atoms with E-state index in [1.807, 2.05) is 6.55 Å². The summed E-state index contributed by atoms with van der Waals surface area (Å²) in [4.78, 5) is 94.0. The summed E-state index contributed by atoms with van der Waals surface area (Å²) < 4.78 is 39.3. The Bertz CT molecular complexity index is 2530. The van der Waals surface area contributed by atoms with Gasteiger partial charge >= 0.3 is 53.8 Å². The number of methoxy groups -OCH3 is 1. The molecule has 0 aliphatic rings. The van der Waals surface area contributed by atoms with Gasteiger partial charge < -0.3 is 37.9 Å². The first-order valence-corrected chi connectivity index (χ1v) is 33.1. The van der Waals surface area contributed by atoms with Crippen molar-refractivity contribution in [3.8, 4) is 0 Å². The van der Waals surface area contributed by atoms with Crippen molar-refractivity contribution in [2.75, 3.05) is 53.4 Å². The molecule has 0 heterocycles. The second-order valence-corrected chi connectivity index (χ2v) is 32.6. The maximum absolute atomic E-state index is 12.1. The van der Waals surface area contributed by atoms with Crippen LogP contribution in [0.2, 0.25) is 18.6 Å². The standard InChI is InChI=1S/C15H18Cl2O4Si.C14H15Cl3O4Si.C13H14O4.C12H12O4/c1-3-9-20-14(18)12-7-4-5-8-13(12)15(19)21-10-6-11-22(2,16)17;1-2-8-20-13(18)11-6-3-4-7-12(11)14(19)21-9-5-10-22(15,16)17;1-3-9-17-13(15)11-8-6-5-7-10(11)12(14)16-4-2;1-3-8-16-12(14)10-7-5-4-6-9(10)11(13)15-2/h3-5,7-8H,1,6,9-11H2,2H3;2-4,6-7H,1,5,8-10H2;3,5-8H,1,4,9H2,2H3;3-7H,1,8H2,2H3. The highest BCUT2D eigenvalue weighted by Crippen LogP contribution is 2.26. The molecule has 4 aromatic rings. The highest BCUT2D eigenvalue weighted by Gasteiger charge is 2.26. The van der Waals surface area contributed by atoms with Crippen molar-refractivity contribution in [2.45, 2.75) is 38.4 Å². The van der Waals surface area contributed by atoms with Crippen LogP contribution in [0.25, 0.3) is 0 Å². The molecular formula is C54H59Cl5O16Si2. The predicted molar refractivity (Wildman–Crippen MR) is 301 cm³/mol. The first-order chi connectivity index (χ1) is 36.6. The summed E-state index contributed by atoms with van der Waals surface area (Å²) in [5.41, 5.74) is 1.43. The lowest BCUT2D eigenvalue weighted by Crippen LogP contribution is -2.16. The van der Waals surface area contributed by atoms with E-state index in [0.29, 0.717) is 24.9 Å². The van der Waals surface area contributed by atoms with Gasteiger partial charge in [-0.25, -0.2) is 38.4 Å². The lowest BCUT2D eigenvalue weighted by atomic mass is 10.1. The lowest BCUT2D eigenvalue weighted by molar-refractivity contribution is 0.0474. The van der Waals surface area contributed by atoms with Crippen molar-refractivity contribution in [3.63, 3.8) is 0 Å². The number of rotatable bonds is 25. The first-order valence-electron chi connectivity index (χ1n) is 23.1. The van der Waals surface area contributed by atoms with Crippen molar-refractivity contribution < 1.29 is 76.3 Å². The van der Waals surface area contributed by atoms with E-state index in [0.717, 1.165) is 0 Å². The number of hydrogen-bond donors (Lipinski definition) is 0. The molecule has 0 aromatic heterocycles. The molecule has 0 atom stereocenters. The highest BCUT2D eigenvalue weighted by molar-refractivity contribution is 7.64. The molecule has 414 valence electrons. The summed E-state index contributed by atoms with van der Waals surface area (Å²) in [7, 11) is 1.26. The van der Waals surface area contributed by atoms with E-state index in [1.54, 1.807) is 55.5 Å². The molecule has 0 aliphatic carbocycles. The molecular weight excluding hydrogens is 1140 g/mol. The third-order valence-corrected chi connectivity index (χ3v) is 14.1. The quantitative estimate of drug-likeness (QED) is 0.0151. The van der Waals surface area contributed by atoms with Gasteiger partial charge in [0.1, 0.15) is 26.4 Å². The number of hydrogen-bond acceptors (Lipinski definition) is 16. The second kappa shape index (κ2) is 38.1. The molecule has 0 bridgehead atoms. The lowest BCUT2D eigenvalue weighted by Gasteiger charge is -2.11. The normalized spacial score (nSPS) is 10.2. The first kappa shape index (κ1) is 68.5. The number of halogens is 5. The fourth-order valence-corrected chi connectivity index (χ4v) is 8.98. The van der Waals surface area contributed by atoms with Crippen molar-refractivity contribution in [2.24, 2.45) is 0 Å². The minimum atomic E-state index is -2.71. The Morgan fingerprint density at radius 1 is 0.403 bits per heavy atom. The molecule has 77 heavy (non-hydrogen) atoms. The summed E-state index contributed by atoms with van der Waals surface area (Å²) in [6.45, 7) is 16.1. The molecule has 0 aliphatic heterocycles. The Balaban J connectivity index is 0.000000518. The molecule has 4 rings (SSSR count). The van der Waals surface area contributed by atoms with Crippen LogP contribution in [0.1, 0.15) is 103 Å². The van der Waals surface area contributed by atoms with E-state index in [4.69, 9.17) is 88.6 Å². The largest absolute Gasteiger partial charge is 0.465 e. The molecule has 0 N–H and O–H groups in total. The van der Waals surface area contributed by atoms with Gasteiger partial charge in [0.2, 0.25) is 6.69 Å². The van der Waals surface area contributed by atoms with Crippen LogP contribution in [0, 0.1) is 0 Å². The van der Waals surface area contributed by atoms with Crippen LogP contribution < -0.4 is 0 Å². The molecule has 0 radical (unpaired) electrons. The molecule has 4 aromatic carbocycles. The van der Waals surface area contributed by atoms with E-state index >= 15 is 0 Å². The van der Waals surface area contributed by atoms with Gasteiger partial charge in [-0.15, -0.1) is 55.4 Å². The molecule has 0 saturated carbocycles. The monoisotopic (exact) mass is 1190 g/mol. The third-order valence-electron chi connectivity index (χ3n) is 9.09. The second-order valence-electron chi connectivity index (χ2n) is 15.1. The molecule has 0 spiro atoms. The van der Waals surface area contributed by atoms with Crippen LogP contribution in [0.3, 0.4) is 0 Å². The fourth-order valence-electron chi connectivity index (χ4n) is 5.67. The van der Waals surface area contributed by atoms with Crippen molar-refractivity contribution >= 4 is 116 Å². The van der Waals surface area contributed by atoms with E-state index in [1.165, 1.54) is 79.9 Å². The maximum atomic E-state index is 12.1. The number of carbonyl (C=O) groups is 8. The average Bonchev–Trinajstić information content (AvgIpc) is 3.42. The van der Waals surface area contributed by atoms with Crippen LogP contribution in [-0.2, 0) is 37.9 Å². The molecule has 0 fully saturated rings. The number of esters is 8. The van der Waals surface area contributed by atoms with Gasteiger partial charge in [-0.05, 0) is 86.9 Å². The van der Waals surface area contributed by atoms with E-state index in [9.17, 15) is 38.4 Å². The number of ether oxygens (including phenoxy) is 8. The molecule has 0 unspecified atom stereocenters. The Kier molecular flexibility index (Phi) is 33.9. The van der Waals surface area contributed by atoms with Crippen LogP contribution in [0.5, 0.6) is 0 Å². The van der Waals surface area contributed by atoms with E-state index in [-0.39, 0.29) is 90.8 Å². The highest BCUT2D eigenvalue weighted by atomic mass is 35.8. The SMILES string of the molecule is C=CCOC(=O)c1ccccc1C(=O)OC.C=CCOC(=O)c1ccccc1C(=O)OCC.C=CCOC(=O)c1ccccc1C(=O)OCCC[Si](C)(Cl)Cl.C=CCOC(=O)c1ccccc1C(=O)OCCC[Si](Cl)(Cl)Cl. The van der Waals surface area contributed by atoms with E-state index in [2.05, 4.69) is 31.1 Å². The average molecular weight is 1200 g/mol. The molecule has 23 heteroatoms. The van der Waals surface area contributed by atoms with Gasteiger partial charge in [0.15, 0.2) is 0 Å². The van der Waals surface area contributed by atoms with Gasteiger partial charge in [-0.2, -0.15) is 0 Å². The van der Waals surface area contributed by atoms with Gasteiger partial charge in [0, 0.05) is 0 Å². The summed E-state index contributed by atoms with van der Waals surface area (Å²) >= 11 is 29.2. The Morgan fingerprint density at radius 2 is 0.636 bits per heavy atom. The summed E-state index contributed by atoms with van der Waals surface area (Å²) in [6.07, 6.45) is 6.86. The molecule has 0 saturated heterocycles. The minimum Gasteiger partial charge on any atom is -0.465 e. The van der Waals surface area contributed by atoms with Crippen molar-refractivity contribution in [1.82, 2.24) is 0 Å². The van der Waals surface area contributed by atoms with Crippen molar-refractivity contribution in [1.29, 1.82) is 0 Å². The summed E-state index contributed by atoms with van der Waals surface area (Å²) in [5, 5.41) is 0. The van der Waals surface area contributed by atoms with Gasteiger partial charge in [-0.1, -0.05) is 99.2 Å². The third kappa shape index (κ3) is 27.9. The summed E-state index contributed by atoms with van der Waals surface area (Å²) in [6, 6.07) is 23.6. The van der Waals surface area contributed by atoms with Crippen LogP contribution in [-0.4, -0.2) is 114 Å². The topological polar surface area (TPSA) is 210 Å². The van der Waals surface area contributed by atoms with Crippen LogP contribution >= 0.6 is 55.4 Å². The van der Waals surface area contributed by atoms with Crippen LogP contribution in [0.15, 0.2) is 148 Å². The Labute approximate surface area is 473 Å². The maximum Gasteiger partial charge on any atom is 0.341 e. The zero-order valence-corrected chi connectivity index (χ0v) is 48.4. The van der Waals surface area contributed by atoms with Gasteiger partial charge in [0.05, 0.1) is 71.4 Å². The molecule has 16 nitrogen and oxygen atoms in total. The van der Waals surface area contributed by atoms with Gasteiger partial charge in [-0.3, -0.25) is 0 Å². The molecule has 0 amide bonds.